The highest BCUT2D eigenvalue weighted by atomic mass is 32.1. The lowest BCUT2D eigenvalue weighted by molar-refractivity contribution is -0.137. The molecular formula is C13H17F3N2S. The molecule has 2 nitrogen and oxygen atoms in total. The zero-order chi connectivity index (χ0) is 14.5. The van der Waals surface area contributed by atoms with Crippen molar-refractivity contribution in [2.24, 2.45) is 0 Å². The molecule has 6 heteroatoms. The number of anilines is 1. The largest absolute Gasteiger partial charge is 0.416 e. The van der Waals surface area contributed by atoms with Crippen molar-refractivity contribution in [3.05, 3.63) is 29.8 Å². The predicted molar refractivity (Wildman–Crippen MR) is 75.2 cm³/mol. The molecule has 106 valence electrons. The zero-order valence-electron chi connectivity index (χ0n) is 10.8. The molecule has 1 aromatic carbocycles. The van der Waals surface area contributed by atoms with Crippen LogP contribution in [0.2, 0.25) is 0 Å². The zero-order valence-corrected chi connectivity index (χ0v) is 11.7. The number of thiocarbonyl (C=S) groups is 1. The molecule has 19 heavy (non-hydrogen) atoms. The Kier molecular flexibility index (Phi) is 5.60. The van der Waals surface area contributed by atoms with Gasteiger partial charge in [0.25, 0.3) is 0 Å². The highest BCUT2D eigenvalue weighted by molar-refractivity contribution is 7.80. The van der Waals surface area contributed by atoms with Gasteiger partial charge in [-0.3, -0.25) is 0 Å². The summed E-state index contributed by atoms with van der Waals surface area (Å²) in [5.41, 5.74) is -0.134. The van der Waals surface area contributed by atoms with E-state index in [0.29, 0.717) is 10.8 Å². The van der Waals surface area contributed by atoms with Gasteiger partial charge in [-0.05, 0) is 49.8 Å². The molecule has 0 aliphatic rings. The number of nitrogens with one attached hydrogen (secondary N) is 2. The average molecular weight is 290 g/mol. The summed E-state index contributed by atoms with van der Waals surface area (Å²) in [6.07, 6.45) is -2.29. The Labute approximate surface area is 116 Å². The topological polar surface area (TPSA) is 24.1 Å². The molecule has 2 N–H and O–H groups in total. The molecular weight excluding hydrogens is 273 g/mol. The van der Waals surface area contributed by atoms with Crippen LogP contribution in [-0.2, 0) is 6.18 Å². The van der Waals surface area contributed by atoms with Gasteiger partial charge in [0.05, 0.1) is 5.56 Å². The fourth-order valence-corrected chi connectivity index (χ4v) is 1.96. The van der Waals surface area contributed by atoms with Gasteiger partial charge < -0.3 is 10.6 Å². The van der Waals surface area contributed by atoms with Crippen LogP contribution in [-0.4, -0.2) is 11.2 Å². The molecule has 0 spiro atoms. The smallest absolute Gasteiger partial charge is 0.360 e. The minimum atomic E-state index is -4.31. The normalized spacial score (nSPS) is 12.9. The van der Waals surface area contributed by atoms with Crippen molar-refractivity contribution in [3.63, 3.8) is 0 Å². The van der Waals surface area contributed by atoms with Gasteiger partial charge in [0.15, 0.2) is 5.11 Å². The Morgan fingerprint density at radius 1 is 1.26 bits per heavy atom. The molecule has 0 heterocycles. The maximum atomic E-state index is 12.4. The van der Waals surface area contributed by atoms with Crippen LogP contribution >= 0.6 is 12.2 Å². The minimum Gasteiger partial charge on any atom is -0.360 e. The Morgan fingerprint density at radius 2 is 1.84 bits per heavy atom. The summed E-state index contributed by atoms with van der Waals surface area (Å²) in [5.74, 6) is 0. The third-order valence-corrected chi connectivity index (χ3v) is 2.79. The molecule has 0 aliphatic heterocycles. The number of benzene rings is 1. The summed E-state index contributed by atoms with van der Waals surface area (Å²) in [6.45, 7) is 4.08. The second kappa shape index (κ2) is 6.75. The molecule has 0 aromatic heterocycles. The summed E-state index contributed by atoms with van der Waals surface area (Å²) < 4.78 is 37.1. The highest BCUT2D eigenvalue weighted by Gasteiger charge is 2.29. The van der Waals surface area contributed by atoms with Crippen molar-refractivity contribution in [2.45, 2.75) is 38.9 Å². The first-order valence-electron chi connectivity index (χ1n) is 6.07. The lowest BCUT2D eigenvalue weighted by Gasteiger charge is -2.16. The molecule has 0 amide bonds. The first kappa shape index (κ1) is 15.8. The van der Waals surface area contributed by atoms with Gasteiger partial charge in [-0.25, -0.2) is 0 Å². The van der Waals surface area contributed by atoms with Crippen LogP contribution in [0.3, 0.4) is 0 Å². The number of hydrogen-bond donors (Lipinski definition) is 2. The maximum Gasteiger partial charge on any atom is 0.416 e. The lowest BCUT2D eigenvalue weighted by Crippen LogP contribution is -2.35. The lowest BCUT2D eigenvalue weighted by atomic mass is 10.2. The molecule has 1 rings (SSSR count). The SMILES string of the molecule is CCCC(C)NC(=S)Nc1ccc(C(F)(F)F)cc1. The number of hydrogen-bond acceptors (Lipinski definition) is 1. The van der Waals surface area contributed by atoms with Gasteiger partial charge >= 0.3 is 6.18 Å². The van der Waals surface area contributed by atoms with Crippen LogP contribution in [0.1, 0.15) is 32.3 Å². The van der Waals surface area contributed by atoms with Gasteiger partial charge in [-0.15, -0.1) is 0 Å². The average Bonchev–Trinajstić information content (AvgIpc) is 2.28. The van der Waals surface area contributed by atoms with Gasteiger partial charge in [0.1, 0.15) is 0 Å². The summed E-state index contributed by atoms with van der Waals surface area (Å²) in [5, 5.41) is 6.35. The molecule has 0 bridgehead atoms. The van der Waals surface area contributed by atoms with Crippen molar-refractivity contribution in [3.8, 4) is 0 Å². The molecule has 1 unspecified atom stereocenters. The van der Waals surface area contributed by atoms with Gasteiger partial charge in [-0.1, -0.05) is 13.3 Å². The van der Waals surface area contributed by atoms with Gasteiger partial charge in [0.2, 0.25) is 0 Å². The van der Waals surface area contributed by atoms with E-state index < -0.39 is 11.7 Å². The summed E-state index contributed by atoms with van der Waals surface area (Å²) in [7, 11) is 0. The highest BCUT2D eigenvalue weighted by Crippen LogP contribution is 2.29. The first-order chi connectivity index (χ1) is 8.82. The third kappa shape index (κ3) is 5.46. The fourth-order valence-electron chi connectivity index (χ4n) is 1.64. The van der Waals surface area contributed by atoms with Crippen molar-refractivity contribution < 1.29 is 13.2 Å². The molecule has 0 fully saturated rings. The number of halogens is 3. The van der Waals surface area contributed by atoms with Crippen LogP contribution in [0.15, 0.2) is 24.3 Å². The monoisotopic (exact) mass is 290 g/mol. The summed E-state index contributed by atoms with van der Waals surface area (Å²) >= 11 is 5.09. The molecule has 1 aromatic rings. The Hall–Kier alpha value is -1.30. The molecule has 0 saturated carbocycles. The predicted octanol–water partition coefficient (Wildman–Crippen LogP) is 4.18. The van der Waals surface area contributed by atoms with Crippen LogP contribution < -0.4 is 10.6 Å². The molecule has 1 atom stereocenters. The van der Waals surface area contributed by atoms with Crippen molar-refractivity contribution in [1.82, 2.24) is 5.32 Å². The van der Waals surface area contributed by atoms with E-state index in [-0.39, 0.29) is 6.04 Å². The molecule has 0 saturated heterocycles. The van der Waals surface area contributed by atoms with E-state index in [1.54, 1.807) is 0 Å². The van der Waals surface area contributed by atoms with Crippen molar-refractivity contribution >= 4 is 23.0 Å². The van der Waals surface area contributed by atoms with Crippen LogP contribution in [0.25, 0.3) is 0 Å². The van der Waals surface area contributed by atoms with Crippen LogP contribution in [0.4, 0.5) is 18.9 Å². The van der Waals surface area contributed by atoms with E-state index in [4.69, 9.17) is 12.2 Å². The summed E-state index contributed by atoms with van der Waals surface area (Å²) in [6, 6.07) is 5.02. The van der Waals surface area contributed by atoms with Crippen LogP contribution in [0, 0.1) is 0 Å². The standard InChI is InChI=1S/C13H17F3N2S/c1-3-4-9(2)17-12(19)18-11-7-5-10(6-8-11)13(14,15)16/h5-9H,3-4H2,1-2H3,(H2,17,18,19). The quantitative estimate of drug-likeness (QED) is 0.813. The van der Waals surface area contributed by atoms with Crippen molar-refractivity contribution in [1.29, 1.82) is 0 Å². The van der Waals surface area contributed by atoms with Gasteiger partial charge in [-0.2, -0.15) is 13.2 Å². The van der Waals surface area contributed by atoms with E-state index in [1.807, 2.05) is 6.92 Å². The number of rotatable bonds is 4. The van der Waals surface area contributed by atoms with E-state index in [2.05, 4.69) is 17.6 Å². The van der Waals surface area contributed by atoms with E-state index in [0.717, 1.165) is 25.0 Å². The Bertz CT molecular complexity index is 415. The Morgan fingerprint density at radius 3 is 2.32 bits per heavy atom. The van der Waals surface area contributed by atoms with Crippen molar-refractivity contribution in [2.75, 3.05) is 5.32 Å². The third-order valence-electron chi connectivity index (χ3n) is 2.57. The molecule has 0 radical (unpaired) electrons. The van der Waals surface area contributed by atoms with E-state index >= 15 is 0 Å². The second-order valence-electron chi connectivity index (χ2n) is 4.36. The van der Waals surface area contributed by atoms with Crippen LogP contribution in [0.5, 0.6) is 0 Å². The number of alkyl halides is 3. The van der Waals surface area contributed by atoms with E-state index in [1.165, 1.54) is 12.1 Å². The van der Waals surface area contributed by atoms with E-state index in [9.17, 15) is 13.2 Å². The van der Waals surface area contributed by atoms with Gasteiger partial charge in [0, 0.05) is 11.7 Å². The fraction of sp³-hybridized carbons (Fsp3) is 0.462. The summed E-state index contributed by atoms with van der Waals surface area (Å²) in [4.78, 5) is 0. The first-order valence-corrected chi connectivity index (χ1v) is 6.48. The minimum absolute atomic E-state index is 0.236. The Balaban J connectivity index is 2.56. The maximum absolute atomic E-state index is 12.4. The molecule has 0 aliphatic carbocycles. The second-order valence-corrected chi connectivity index (χ2v) is 4.77.